The van der Waals surface area contributed by atoms with Crippen molar-refractivity contribution in [3.05, 3.63) is 72.9 Å². The first-order chi connectivity index (χ1) is 29.5. The van der Waals surface area contributed by atoms with Crippen LogP contribution in [0.15, 0.2) is 72.9 Å². The standard InChI is InChI=1S/C52H95N2O6P/c1-6-8-10-12-14-16-18-20-22-23-24-25-26-27-28-29-30-31-32-34-36-38-40-42-44-46-52(56)53-50(49-60-61(57,58)59-48-47-54(3,4)5)51(55)45-43-41-39-37-35-33-21-19-17-15-13-11-9-7-2/h17-20,23-24,26-27,35,37,43,45,50-51,55H,6-16,21-22,25,28-34,36,38-42,44,46-49H2,1-5H3,(H-,53,56,57,58)/p+1/b19-17+,20-18-,24-23-,27-26-,37-35+,45-43+. The Kier molecular flexibility index (Phi) is 41.7. The van der Waals surface area contributed by atoms with Gasteiger partial charge in [0, 0.05) is 6.42 Å². The lowest BCUT2D eigenvalue weighted by molar-refractivity contribution is -0.870. The number of unbranched alkanes of at least 4 members (excludes halogenated alkanes) is 21. The van der Waals surface area contributed by atoms with E-state index in [0.717, 1.165) is 57.8 Å². The number of hydrogen-bond acceptors (Lipinski definition) is 5. The predicted molar refractivity (Wildman–Crippen MR) is 263 cm³/mol. The van der Waals surface area contributed by atoms with Gasteiger partial charge in [0.05, 0.1) is 39.9 Å². The van der Waals surface area contributed by atoms with E-state index in [1.165, 1.54) is 122 Å². The molecular formula is C52H96N2O6P+. The quantitative estimate of drug-likeness (QED) is 0.0244. The number of nitrogens with zero attached hydrogens (tertiary/aromatic N) is 1. The lowest BCUT2D eigenvalue weighted by Gasteiger charge is -2.25. The number of aliphatic hydroxyl groups excluding tert-OH is 1. The summed E-state index contributed by atoms with van der Waals surface area (Å²) < 4.78 is 23.6. The fourth-order valence-electron chi connectivity index (χ4n) is 6.67. The highest BCUT2D eigenvalue weighted by atomic mass is 31.2. The van der Waals surface area contributed by atoms with Crippen LogP contribution in [0.5, 0.6) is 0 Å². The van der Waals surface area contributed by atoms with Crippen molar-refractivity contribution in [1.82, 2.24) is 5.32 Å². The van der Waals surface area contributed by atoms with E-state index in [-0.39, 0.29) is 19.1 Å². The van der Waals surface area contributed by atoms with Crippen LogP contribution in [0.3, 0.4) is 0 Å². The molecule has 0 saturated carbocycles. The Morgan fingerprint density at radius 2 is 0.951 bits per heavy atom. The van der Waals surface area contributed by atoms with Crippen molar-refractivity contribution < 1.29 is 32.9 Å². The monoisotopic (exact) mass is 876 g/mol. The van der Waals surface area contributed by atoms with Gasteiger partial charge in [-0.05, 0) is 83.5 Å². The first kappa shape index (κ1) is 58.9. The normalized spacial score (nSPS) is 14.8. The molecule has 354 valence electrons. The summed E-state index contributed by atoms with van der Waals surface area (Å²) in [7, 11) is 1.53. The van der Waals surface area contributed by atoms with Crippen molar-refractivity contribution in [2.45, 2.75) is 212 Å². The van der Waals surface area contributed by atoms with Gasteiger partial charge in [0.25, 0.3) is 0 Å². The Labute approximate surface area is 376 Å². The summed E-state index contributed by atoms with van der Waals surface area (Å²) >= 11 is 0. The molecule has 61 heavy (non-hydrogen) atoms. The van der Waals surface area contributed by atoms with Gasteiger partial charge < -0.3 is 19.8 Å². The van der Waals surface area contributed by atoms with Crippen LogP contribution in [0, 0.1) is 0 Å². The number of phosphoric acid groups is 1. The van der Waals surface area contributed by atoms with Gasteiger partial charge in [0.2, 0.25) is 5.91 Å². The minimum atomic E-state index is -4.36. The molecule has 0 fully saturated rings. The minimum Gasteiger partial charge on any atom is -0.387 e. The number of carbonyl (C=O) groups is 1. The molecule has 0 aromatic carbocycles. The van der Waals surface area contributed by atoms with E-state index in [0.29, 0.717) is 17.4 Å². The topological polar surface area (TPSA) is 105 Å². The Balaban J connectivity index is 4.33. The maximum atomic E-state index is 12.9. The summed E-state index contributed by atoms with van der Waals surface area (Å²) in [6, 6.07) is -0.874. The van der Waals surface area contributed by atoms with E-state index >= 15 is 0 Å². The Bertz CT molecular complexity index is 1220. The maximum absolute atomic E-state index is 12.9. The van der Waals surface area contributed by atoms with E-state index < -0.39 is 20.0 Å². The highest BCUT2D eigenvalue weighted by Gasteiger charge is 2.27. The first-order valence-electron chi connectivity index (χ1n) is 24.8. The van der Waals surface area contributed by atoms with Crippen LogP contribution < -0.4 is 5.32 Å². The third-order valence-corrected chi connectivity index (χ3v) is 11.6. The maximum Gasteiger partial charge on any atom is 0.472 e. The molecule has 0 rings (SSSR count). The van der Waals surface area contributed by atoms with Crippen LogP contribution in [0.4, 0.5) is 0 Å². The number of aliphatic hydroxyl groups is 1. The molecule has 3 atom stereocenters. The molecule has 0 aromatic rings. The van der Waals surface area contributed by atoms with Crippen molar-refractivity contribution in [2.24, 2.45) is 0 Å². The average molecular weight is 876 g/mol. The number of carbonyl (C=O) groups excluding carboxylic acids is 1. The van der Waals surface area contributed by atoms with Gasteiger partial charge in [-0.3, -0.25) is 13.8 Å². The Morgan fingerprint density at radius 1 is 0.557 bits per heavy atom. The van der Waals surface area contributed by atoms with Crippen molar-refractivity contribution >= 4 is 13.7 Å². The fraction of sp³-hybridized carbons (Fsp3) is 0.750. The molecule has 0 bridgehead atoms. The van der Waals surface area contributed by atoms with E-state index in [4.69, 9.17) is 9.05 Å². The molecule has 0 aliphatic carbocycles. The van der Waals surface area contributed by atoms with E-state index in [1.54, 1.807) is 6.08 Å². The zero-order valence-electron chi connectivity index (χ0n) is 40.1. The largest absolute Gasteiger partial charge is 0.472 e. The van der Waals surface area contributed by atoms with Gasteiger partial charge in [-0.1, -0.05) is 183 Å². The Morgan fingerprint density at radius 3 is 1.44 bits per heavy atom. The van der Waals surface area contributed by atoms with Crippen molar-refractivity contribution in [3.63, 3.8) is 0 Å². The summed E-state index contributed by atoms with van der Waals surface area (Å²) in [5.74, 6) is -0.199. The van der Waals surface area contributed by atoms with Crippen molar-refractivity contribution in [3.8, 4) is 0 Å². The van der Waals surface area contributed by atoms with Crippen molar-refractivity contribution in [2.75, 3.05) is 40.9 Å². The second kappa shape index (κ2) is 43.2. The number of amides is 1. The number of nitrogens with one attached hydrogen (secondary N) is 1. The van der Waals surface area contributed by atoms with Gasteiger partial charge >= 0.3 is 7.82 Å². The van der Waals surface area contributed by atoms with Gasteiger partial charge in [-0.25, -0.2) is 4.57 Å². The summed E-state index contributed by atoms with van der Waals surface area (Å²) in [6.07, 6.45) is 58.4. The third-order valence-electron chi connectivity index (χ3n) is 10.6. The molecule has 0 aliphatic heterocycles. The molecule has 3 unspecified atom stereocenters. The second-order valence-electron chi connectivity index (χ2n) is 17.8. The van der Waals surface area contributed by atoms with Crippen LogP contribution in [-0.2, 0) is 18.4 Å². The van der Waals surface area contributed by atoms with Gasteiger partial charge in [0.15, 0.2) is 0 Å². The molecule has 0 aliphatic rings. The lowest BCUT2D eigenvalue weighted by Crippen LogP contribution is -2.45. The molecule has 0 aromatic heterocycles. The lowest BCUT2D eigenvalue weighted by atomic mass is 10.0. The predicted octanol–water partition coefficient (Wildman–Crippen LogP) is 14.4. The smallest absolute Gasteiger partial charge is 0.387 e. The molecule has 0 radical (unpaired) electrons. The van der Waals surface area contributed by atoms with Crippen LogP contribution >= 0.6 is 7.82 Å². The van der Waals surface area contributed by atoms with Gasteiger partial charge in [-0.2, -0.15) is 0 Å². The number of quaternary nitrogens is 1. The molecule has 0 heterocycles. The number of phosphoric ester groups is 1. The number of allylic oxidation sites excluding steroid dienone is 11. The third kappa shape index (κ3) is 45.8. The molecule has 0 saturated heterocycles. The van der Waals surface area contributed by atoms with Crippen LogP contribution in [0.1, 0.15) is 200 Å². The summed E-state index contributed by atoms with van der Waals surface area (Å²) in [4.78, 5) is 23.2. The molecule has 9 heteroatoms. The second-order valence-corrected chi connectivity index (χ2v) is 19.3. The van der Waals surface area contributed by atoms with Crippen LogP contribution in [0.2, 0.25) is 0 Å². The zero-order valence-corrected chi connectivity index (χ0v) is 41.0. The minimum absolute atomic E-state index is 0.0496. The average Bonchev–Trinajstić information content (AvgIpc) is 3.21. The summed E-state index contributed by atoms with van der Waals surface area (Å²) in [5, 5.41) is 13.8. The van der Waals surface area contributed by atoms with Crippen LogP contribution in [-0.4, -0.2) is 73.4 Å². The number of rotatable bonds is 44. The number of hydrogen-bond donors (Lipinski definition) is 3. The van der Waals surface area contributed by atoms with E-state index in [2.05, 4.69) is 79.9 Å². The first-order valence-corrected chi connectivity index (χ1v) is 26.3. The highest BCUT2D eigenvalue weighted by Crippen LogP contribution is 2.43. The highest BCUT2D eigenvalue weighted by molar-refractivity contribution is 7.47. The fourth-order valence-corrected chi connectivity index (χ4v) is 7.40. The molecule has 0 spiro atoms. The van der Waals surface area contributed by atoms with Gasteiger partial charge in [0.1, 0.15) is 13.2 Å². The molecule has 8 nitrogen and oxygen atoms in total. The molecule has 3 N–H and O–H groups in total. The van der Waals surface area contributed by atoms with Crippen LogP contribution in [0.25, 0.3) is 0 Å². The molecule has 1 amide bonds. The van der Waals surface area contributed by atoms with E-state index in [9.17, 15) is 19.4 Å². The van der Waals surface area contributed by atoms with E-state index in [1.807, 2.05) is 27.2 Å². The number of likely N-dealkylation sites (N-methyl/N-ethyl adjacent to an activating group) is 1. The van der Waals surface area contributed by atoms with Gasteiger partial charge in [-0.15, -0.1) is 0 Å². The summed E-state index contributed by atoms with van der Waals surface area (Å²) in [5.41, 5.74) is 0. The molecular weight excluding hydrogens is 780 g/mol. The van der Waals surface area contributed by atoms with Crippen molar-refractivity contribution in [1.29, 1.82) is 0 Å². The Hall–Kier alpha value is -2.06. The zero-order chi connectivity index (χ0) is 45.0. The SMILES string of the molecule is CCCCCC/C=C/CC/C=C/CC/C=C/C(O)C(COP(=O)(O)OCC[N+](C)(C)C)NC(=O)CCCCCCCCCCCC/C=C\C/C=C\C/C=C\CCCCCCC. The summed E-state index contributed by atoms with van der Waals surface area (Å²) in [6.45, 7) is 4.74.